The van der Waals surface area contributed by atoms with Crippen LogP contribution in [0.5, 0.6) is 0 Å². The quantitative estimate of drug-likeness (QED) is 0.908. The van der Waals surface area contributed by atoms with E-state index in [4.69, 9.17) is 4.74 Å². The largest absolute Gasteiger partial charge is 0.380 e. The molecule has 0 bridgehead atoms. The van der Waals surface area contributed by atoms with E-state index in [0.717, 1.165) is 37.3 Å². The molecule has 3 rings (SSSR count). The molecule has 0 aromatic heterocycles. The van der Waals surface area contributed by atoms with Gasteiger partial charge < -0.3 is 10.1 Å². The Balaban J connectivity index is 1.76. The fourth-order valence-corrected chi connectivity index (χ4v) is 4.89. The Morgan fingerprint density at radius 2 is 2.19 bits per heavy atom. The van der Waals surface area contributed by atoms with Crippen molar-refractivity contribution in [3.63, 3.8) is 0 Å². The minimum Gasteiger partial charge on any atom is -0.380 e. The highest BCUT2D eigenvalue weighted by molar-refractivity contribution is 7.85. The van der Waals surface area contributed by atoms with Crippen LogP contribution >= 0.6 is 0 Å². The van der Waals surface area contributed by atoms with Gasteiger partial charge in [0.05, 0.1) is 22.7 Å². The molecule has 0 amide bonds. The van der Waals surface area contributed by atoms with Crippen LogP contribution in [0.2, 0.25) is 0 Å². The Kier molecular flexibility index (Phi) is 5.09. The van der Waals surface area contributed by atoms with Crippen molar-refractivity contribution in [3.8, 4) is 0 Å². The summed E-state index contributed by atoms with van der Waals surface area (Å²) >= 11 is 0. The predicted molar refractivity (Wildman–Crippen MR) is 86.2 cm³/mol. The minimum absolute atomic E-state index is 0.0738. The Hall–Kier alpha value is -0.710. The van der Waals surface area contributed by atoms with Crippen LogP contribution in [0.15, 0.2) is 23.1 Å². The summed E-state index contributed by atoms with van der Waals surface area (Å²) in [6, 6.07) is 6.72. The van der Waals surface area contributed by atoms with Crippen LogP contribution in [0.1, 0.15) is 37.3 Å². The first kappa shape index (κ1) is 15.2. The van der Waals surface area contributed by atoms with E-state index in [-0.39, 0.29) is 5.25 Å². The van der Waals surface area contributed by atoms with Gasteiger partial charge in [-0.05, 0) is 61.9 Å². The summed E-state index contributed by atoms with van der Waals surface area (Å²) in [7, 11) is -0.983. The minimum atomic E-state index is -0.983. The summed E-state index contributed by atoms with van der Waals surface area (Å²) < 4.78 is 18.6. The molecular formula is C17H25NO2S. The molecule has 2 aliphatic rings. The van der Waals surface area contributed by atoms with Gasteiger partial charge in [-0.15, -0.1) is 0 Å². The molecule has 1 heterocycles. The lowest BCUT2D eigenvalue weighted by molar-refractivity contribution is 0.0820. The average molecular weight is 307 g/mol. The Labute approximate surface area is 129 Å². The number of ether oxygens (including phenoxy) is 1. The van der Waals surface area contributed by atoms with Gasteiger partial charge in [-0.3, -0.25) is 4.21 Å². The van der Waals surface area contributed by atoms with Gasteiger partial charge in [-0.25, -0.2) is 0 Å². The topological polar surface area (TPSA) is 38.3 Å². The third-order valence-electron chi connectivity index (χ3n) is 4.54. The summed E-state index contributed by atoms with van der Waals surface area (Å²) in [6.45, 7) is 4.53. The van der Waals surface area contributed by atoms with Crippen LogP contribution in [0.25, 0.3) is 0 Å². The zero-order chi connectivity index (χ0) is 14.7. The lowest BCUT2D eigenvalue weighted by Gasteiger charge is -2.31. The highest BCUT2D eigenvalue weighted by Gasteiger charge is 2.31. The molecule has 1 fully saturated rings. The van der Waals surface area contributed by atoms with Gasteiger partial charge in [-0.1, -0.05) is 13.0 Å². The third kappa shape index (κ3) is 3.38. The van der Waals surface area contributed by atoms with E-state index in [9.17, 15) is 4.21 Å². The van der Waals surface area contributed by atoms with E-state index >= 15 is 0 Å². The number of benzene rings is 1. The van der Waals surface area contributed by atoms with E-state index in [1.165, 1.54) is 24.0 Å². The van der Waals surface area contributed by atoms with Crippen molar-refractivity contribution in [3.05, 3.63) is 29.3 Å². The molecule has 3 nitrogen and oxygen atoms in total. The Morgan fingerprint density at radius 3 is 3.05 bits per heavy atom. The number of hydrogen-bond donors (Lipinski definition) is 1. The zero-order valence-electron chi connectivity index (χ0n) is 12.8. The predicted octanol–water partition coefficient (Wildman–Crippen LogP) is 2.44. The summed E-state index contributed by atoms with van der Waals surface area (Å²) in [5, 5.41) is 3.63. The van der Waals surface area contributed by atoms with Gasteiger partial charge in [0.2, 0.25) is 0 Å². The maximum absolute atomic E-state index is 13.0. The fourth-order valence-electron chi connectivity index (χ4n) is 3.33. The molecule has 1 aromatic rings. The molecule has 0 radical (unpaired) electrons. The van der Waals surface area contributed by atoms with Crippen LogP contribution in [-0.2, 0) is 28.4 Å². The molecule has 21 heavy (non-hydrogen) atoms. The second-order valence-electron chi connectivity index (χ2n) is 6.04. The standard InChI is InChI=1S/C17H25NO2S/c1-2-9-18-16-8-10-20-12-17(16)21(19)15-7-6-13-4-3-5-14(13)11-15/h6-7,11,16-18H,2-5,8-10,12H2,1H3. The van der Waals surface area contributed by atoms with Crippen LogP contribution in [0, 0.1) is 0 Å². The second-order valence-corrected chi connectivity index (χ2v) is 7.72. The molecule has 3 atom stereocenters. The molecule has 1 aromatic carbocycles. The van der Waals surface area contributed by atoms with Crippen LogP contribution in [0.4, 0.5) is 0 Å². The Morgan fingerprint density at radius 1 is 1.33 bits per heavy atom. The molecule has 1 N–H and O–H groups in total. The van der Waals surface area contributed by atoms with Gasteiger partial charge in [0.25, 0.3) is 0 Å². The monoisotopic (exact) mass is 307 g/mol. The highest BCUT2D eigenvalue weighted by atomic mass is 32.2. The molecule has 3 unspecified atom stereocenters. The van der Waals surface area contributed by atoms with Crippen LogP contribution < -0.4 is 5.32 Å². The smallest absolute Gasteiger partial charge is 0.0782 e. The highest BCUT2D eigenvalue weighted by Crippen LogP contribution is 2.26. The van der Waals surface area contributed by atoms with Gasteiger partial charge >= 0.3 is 0 Å². The maximum Gasteiger partial charge on any atom is 0.0782 e. The summed E-state index contributed by atoms with van der Waals surface area (Å²) in [4.78, 5) is 0.981. The molecule has 4 heteroatoms. The normalized spacial score (nSPS) is 26.5. The van der Waals surface area contributed by atoms with Gasteiger partial charge in [-0.2, -0.15) is 0 Å². The summed E-state index contributed by atoms with van der Waals surface area (Å²) in [6.07, 6.45) is 5.62. The second kappa shape index (κ2) is 7.03. The number of aryl methyl sites for hydroxylation is 2. The van der Waals surface area contributed by atoms with Crippen molar-refractivity contribution in [1.29, 1.82) is 0 Å². The number of nitrogens with one attached hydrogen (secondary N) is 1. The molecule has 116 valence electrons. The van der Waals surface area contributed by atoms with E-state index in [2.05, 4.69) is 30.4 Å². The lowest BCUT2D eigenvalue weighted by atomic mass is 10.1. The third-order valence-corrected chi connectivity index (χ3v) is 6.27. The number of fused-ring (bicyclic) bond motifs is 1. The maximum atomic E-state index is 13.0. The first-order chi connectivity index (χ1) is 10.3. The lowest BCUT2D eigenvalue weighted by Crippen LogP contribution is -2.48. The van der Waals surface area contributed by atoms with E-state index in [1.807, 2.05) is 0 Å². The zero-order valence-corrected chi connectivity index (χ0v) is 13.6. The van der Waals surface area contributed by atoms with Crippen molar-refractivity contribution in [1.82, 2.24) is 5.32 Å². The van der Waals surface area contributed by atoms with Crippen molar-refractivity contribution in [2.45, 2.75) is 55.2 Å². The van der Waals surface area contributed by atoms with E-state index in [1.54, 1.807) is 0 Å². The van der Waals surface area contributed by atoms with Crippen molar-refractivity contribution in [2.24, 2.45) is 0 Å². The van der Waals surface area contributed by atoms with E-state index < -0.39 is 10.8 Å². The van der Waals surface area contributed by atoms with E-state index in [0.29, 0.717) is 12.6 Å². The molecule has 1 aliphatic carbocycles. The van der Waals surface area contributed by atoms with Crippen molar-refractivity contribution in [2.75, 3.05) is 19.8 Å². The average Bonchev–Trinajstić information content (AvgIpc) is 3.00. The first-order valence-electron chi connectivity index (χ1n) is 8.13. The molecule has 1 saturated heterocycles. The van der Waals surface area contributed by atoms with Gasteiger partial charge in [0, 0.05) is 17.5 Å². The summed E-state index contributed by atoms with van der Waals surface area (Å²) in [5.41, 5.74) is 2.84. The first-order valence-corrected chi connectivity index (χ1v) is 9.34. The number of rotatable bonds is 5. The van der Waals surface area contributed by atoms with Gasteiger partial charge in [0.15, 0.2) is 0 Å². The van der Waals surface area contributed by atoms with Crippen molar-refractivity contribution < 1.29 is 8.95 Å². The molecular weight excluding hydrogens is 282 g/mol. The van der Waals surface area contributed by atoms with Gasteiger partial charge in [0.1, 0.15) is 0 Å². The molecule has 0 spiro atoms. The van der Waals surface area contributed by atoms with Crippen LogP contribution in [0.3, 0.4) is 0 Å². The van der Waals surface area contributed by atoms with Crippen molar-refractivity contribution >= 4 is 10.8 Å². The fraction of sp³-hybridized carbons (Fsp3) is 0.647. The number of hydrogen-bond acceptors (Lipinski definition) is 3. The van der Waals surface area contributed by atoms with Crippen LogP contribution in [-0.4, -0.2) is 35.3 Å². The SMILES string of the molecule is CCCNC1CCOCC1S(=O)c1ccc2c(c1)CCC2. The molecule has 0 saturated carbocycles. The Bertz CT molecular complexity index is 518. The summed E-state index contributed by atoms with van der Waals surface area (Å²) in [5.74, 6) is 0. The molecule has 1 aliphatic heterocycles.